The number of piperidine rings is 1. The summed E-state index contributed by atoms with van der Waals surface area (Å²) in [4.78, 5) is 47.8. The molecule has 1 amide bonds. The molecular formula is C27H28Cl2N4O5S. The molecule has 0 unspecified atom stereocenters. The van der Waals surface area contributed by atoms with Crippen molar-refractivity contribution in [1.82, 2.24) is 15.3 Å². The molecule has 0 radical (unpaired) electrons. The van der Waals surface area contributed by atoms with E-state index in [0.717, 1.165) is 0 Å². The number of carboxylic acids is 1. The van der Waals surface area contributed by atoms with Gasteiger partial charge in [-0.3, -0.25) is 4.79 Å². The predicted octanol–water partition coefficient (Wildman–Crippen LogP) is 5.20. The van der Waals surface area contributed by atoms with Gasteiger partial charge < -0.3 is 25.0 Å². The molecule has 3 aromatic rings. The van der Waals surface area contributed by atoms with E-state index in [1.165, 1.54) is 17.4 Å². The highest BCUT2D eigenvalue weighted by Crippen LogP contribution is 2.48. The van der Waals surface area contributed by atoms with Gasteiger partial charge in [-0.05, 0) is 39.3 Å². The van der Waals surface area contributed by atoms with Crippen LogP contribution in [-0.2, 0) is 11.2 Å². The van der Waals surface area contributed by atoms with Crippen LogP contribution in [0, 0.1) is 18.8 Å². The first-order valence-electron chi connectivity index (χ1n) is 12.5. The number of benzene rings is 1. The molecule has 1 saturated carbocycles. The van der Waals surface area contributed by atoms with E-state index in [1.54, 1.807) is 45.9 Å². The smallest absolute Gasteiger partial charge is 0.350 e. The van der Waals surface area contributed by atoms with Gasteiger partial charge in [-0.1, -0.05) is 52.7 Å². The summed E-state index contributed by atoms with van der Waals surface area (Å²) in [5.74, 6) is -1.33. The van der Waals surface area contributed by atoms with Gasteiger partial charge in [0.2, 0.25) is 0 Å². The van der Waals surface area contributed by atoms with Crippen LogP contribution in [0.15, 0.2) is 24.3 Å². The summed E-state index contributed by atoms with van der Waals surface area (Å²) in [6, 6.07) is 6.71. The van der Waals surface area contributed by atoms with Crippen molar-refractivity contribution >= 4 is 57.5 Å². The molecule has 5 rings (SSSR count). The second-order valence-corrected chi connectivity index (χ2v) is 12.6. The van der Waals surface area contributed by atoms with E-state index in [4.69, 9.17) is 32.9 Å². The van der Waals surface area contributed by atoms with E-state index in [2.05, 4.69) is 15.2 Å². The fourth-order valence-electron chi connectivity index (χ4n) is 4.99. The van der Waals surface area contributed by atoms with E-state index < -0.39 is 17.5 Å². The van der Waals surface area contributed by atoms with Gasteiger partial charge in [0, 0.05) is 43.1 Å². The topological polar surface area (TPSA) is 125 Å². The Bertz CT molecular complexity index is 1470. The summed E-state index contributed by atoms with van der Waals surface area (Å²) in [5, 5.41) is 13.9. The number of esters is 1. The lowest BCUT2D eigenvalue weighted by molar-refractivity contribution is 0.00736. The summed E-state index contributed by atoms with van der Waals surface area (Å²) < 4.78 is 5.63. The van der Waals surface area contributed by atoms with Gasteiger partial charge in [0.1, 0.15) is 16.2 Å². The molecule has 2 fully saturated rings. The first-order valence-corrected chi connectivity index (χ1v) is 14.0. The first-order chi connectivity index (χ1) is 18.3. The third-order valence-corrected chi connectivity index (χ3v) is 9.00. The van der Waals surface area contributed by atoms with Gasteiger partial charge in [0.25, 0.3) is 5.91 Å². The van der Waals surface area contributed by atoms with Crippen molar-refractivity contribution in [1.29, 1.82) is 0 Å². The second-order valence-electron chi connectivity index (χ2n) is 10.9. The van der Waals surface area contributed by atoms with Crippen LogP contribution in [-0.4, -0.2) is 57.7 Å². The first kappa shape index (κ1) is 27.5. The predicted molar refractivity (Wildman–Crippen MR) is 149 cm³/mol. The Kier molecular flexibility index (Phi) is 7.15. The number of aromatic amines is 1. The molecule has 0 spiro atoms. The number of aryl methyl sites for hydroxylation is 1. The fourth-order valence-corrected chi connectivity index (χ4v) is 6.38. The minimum Gasteiger partial charge on any atom is -0.478 e. The van der Waals surface area contributed by atoms with Gasteiger partial charge in [0.15, 0.2) is 5.13 Å². The Morgan fingerprint density at radius 2 is 1.85 bits per heavy atom. The summed E-state index contributed by atoms with van der Waals surface area (Å²) in [7, 11) is 0. The molecule has 2 aliphatic rings. The quantitative estimate of drug-likeness (QED) is 0.323. The van der Waals surface area contributed by atoms with Crippen LogP contribution in [0.2, 0.25) is 10.0 Å². The van der Waals surface area contributed by atoms with E-state index >= 15 is 0 Å². The van der Waals surface area contributed by atoms with Crippen molar-refractivity contribution in [3.63, 3.8) is 0 Å². The average molecular weight is 592 g/mol. The van der Waals surface area contributed by atoms with Crippen LogP contribution < -0.4 is 10.2 Å². The molecule has 1 aliphatic heterocycles. The number of carbonyl (C=O) groups excluding carboxylic acids is 2. The zero-order valence-electron chi connectivity index (χ0n) is 21.8. The number of fused-ring (bicyclic) bond motifs is 1. The molecule has 1 aromatic carbocycles. The number of halogens is 2. The van der Waals surface area contributed by atoms with Crippen molar-refractivity contribution in [2.24, 2.45) is 11.8 Å². The minimum absolute atomic E-state index is 0.0133. The monoisotopic (exact) mass is 590 g/mol. The highest BCUT2D eigenvalue weighted by atomic mass is 35.5. The lowest BCUT2D eigenvalue weighted by Gasteiger charge is -2.19. The number of carbonyl (C=O) groups is 3. The molecule has 1 aliphatic carbocycles. The van der Waals surface area contributed by atoms with Crippen LogP contribution in [0.25, 0.3) is 0 Å². The highest BCUT2D eigenvalue weighted by molar-refractivity contribution is 7.17. The molecule has 12 heteroatoms. The lowest BCUT2D eigenvalue weighted by atomic mass is 10.0. The van der Waals surface area contributed by atoms with Crippen LogP contribution >= 0.6 is 34.5 Å². The molecule has 2 aromatic heterocycles. The number of hydrogen-bond donors (Lipinski definition) is 3. The number of carboxylic acid groups (broad SMARTS) is 1. The Morgan fingerprint density at radius 1 is 1.18 bits per heavy atom. The Morgan fingerprint density at radius 3 is 2.44 bits per heavy atom. The van der Waals surface area contributed by atoms with Crippen molar-refractivity contribution in [2.75, 3.05) is 18.0 Å². The van der Waals surface area contributed by atoms with Gasteiger partial charge in [-0.25, -0.2) is 14.6 Å². The van der Waals surface area contributed by atoms with Crippen LogP contribution in [0.3, 0.4) is 0 Å². The SMILES string of the molecule is Cc1[nH]c(C(=O)N[C@@H]2[C@@H]3CN(c4nc(Cc5ccccc5C(=O)O)c(C(=O)OC(C)(C)C)s4)C[C@@H]32)c(Cl)c1Cl. The summed E-state index contributed by atoms with van der Waals surface area (Å²) in [6.07, 6.45) is 0.186. The van der Waals surface area contributed by atoms with E-state index in [1.807, 2.05) is 0 Å². The molecule has 206 valence electrons. The number of nitrogens with one attached hydrogen (secondary N) is 2. The summed E-state index contributed by atoms with van der Waals surface area (Å²) in [6.45, 7) is 8.47. The van der Waals surface area contributed by atoms with Crippen molar-refractivity contribution < 1.29 is 24.2 Å². The van der Waals surface area contributed by atoms with Gasteiger partial charge in [0.05, 0.1) is 21.3 Å². The third-order valence-electron chi connectivity index (χ3n) is 6.92. The maximum Gasteiger partial charge on any atom is 0.350 e. The molecule has 3 atom stereocenters. The average Bonchev–Trinajstić information content (AvgIpc) is 3.21. The number of hydrogen-bond acceptors (Lipinski definition) is 7. The fraction of sp³-hybridized carbons (Fsp3) is 0.407. The molecule has 0 bridgehead atoms. The normalized spacial score (nSPS) is 20.1. The zero-order valence-corrected chi connectivity index (χ0v) is 24.1. The van der Waals surface area contributed by atoms with E-state index in [9.17, 15) is 19.5 Å². The highest BCUT2D eigenvalue weighted by Gasteiger charge is 2.57. The number of anilines is 1. The maximum absolute atomic E-state index is 13.1. The third kappa shape index (κ3) is 5.50. The van der Waals surface area contributed by atoms with Gasteiger partial charge in [-0.2, -0.15) is 0 Å². The number of aromatic nitrogens is 2. The number of aromatic carboxylic acids is 1. The molecule has 3 N–H and O–H groups in total. The Balaban J connectivity index is 1.32. The Hall–Kier alpha value is -3.08. The maximum atomic E-state index is 13.1. The van der Waals surface area contributed by atoms with E-state index in [-0.39, 0.29) is 46.5 Å². The van der Waals surface area contributed by atoms with Crippen molar-refractivity contribution in [3.8, 4) is 0 Å². The van der Waals surface area contributed by atoms with Gasteiger partial charge in [-0.15, -0.1) is 0 Å². The number of nitrogens with zero attached hydrogens (tertiary/aromatic N) is 2. The van der Waals surface area contributed by atoms with E-state index in [0.29, 0.717) is 45.1 Å². The minimum atomic E-state index is -1.04. The number of ether oxygens (including phenoxy) is 1. The Labute approximate surface area is 239 Å². The largest absolute Gasteiger partial charge is 0.478 e. The van der Waals surface area contributed by atoms with Crippen LogP contribution in [0.5, 0.6) is 0 Å². The number of thiazole rings is 1. The van der Waals surface area contributed by atoms with Crippen LogP contribution in [0.4, 0.5) is 5.13 Å². The van der Waals surface area contributed by atoms with Crippen LogP contribution in [0.1, 0.15) is 68.2 Å². The molecule has 3 heterocycles. The number of H-pyrrole nitrogens is 1. The molecular weight excluding hydrogens is 563 g/mol. The zero-order chi connectivity index (χ0) is 28.2. The molecule has 39 heavy (non-hydrogen) atoms. The molecule has 9 nitrogen and oxygen atoms in total. The summed E-state index contributed by atoms with van der Waals surface area (Å²) >= 11 is 13.6. The summed E-state index contributed by atoms with van der Waals surface area (Å²) in [5.41, 5.74) is 1.42. The lowest BCUT2D eigenvalue weighted by Crippen LogP contribution is -2.34. The number of rotatable bonds is 7. The second kappa shape index (κ2) is 10.1. The van der Waals surface area contributed by atoms with Crippen molar-refractivity contribution in [2.45, 2.75) is 45.8 Å². The molecule has 1 saturated heterocycles. The van der Waals surface area contributed by atoms with Gasteiger partial charge >= 0.3 is 11.9 Å². The standard InChI is InChI=1S/C27H28Cl2N4O5S/c1-12-18(28)19(29)21(30-12)23(34)32-20-15-10-33(11-16(15)20)26-31-17(22(39-26)25(37)38-27(2,3)4)9-13-7-5-6-8-14(13)24(35)36/h5-8,15-16,20,30H,9-11H2,1-4H3,(H,32,34)(H,35,36)/t15-,16+,20-. The van der Waals surface area contributed by atoms with Crippen molar-refractivity contribution in [3.05, 3.63) is 67.4 Å². The number of amides is 1.